The Balaban J connectivity index is 2.25. The summed E-state index contributed by atoms with van der Waals surface area (Å²) < 4.78 is 12.2. The van der Waals surface area contributed by atoms with Gasteiger partial charge in [0.1, 0.15) is 11.4 Å². The van der Waals surface area contributed by atoms with Crippen molar-refractivity contribution in [1.29, 1.82) is 0 Å². The second kappa shape index (κ2) is 6.38. The fraction of sp³-hybridized carbons (Fsp3) is 0.143. The van der Waals surface area contributed by atoms with Crippen molar-refractivity contribution in [3.8, 4) is 5.75 Å². The van der Waals surface area contributed by atoms with E-state index in [0.717, 1.165) is 0 Å². The monoisotopic (exact) mass is 337 g/mol. The molecule has 20 heavy (non-hydrogen) atoms. The topological polar surface area (TPSA) is 57.5 Å². The first-order chi connectivity index (χ1) is 9.63. The summed E-state index contributed by atoms with van der Waals surface area (Å²) in [6.07, 6.45) is 1.04. The molecule has 0 saturated heterocycles. The molecule has 1 unspecified atom stereocenters. The molecule has 5 nitrogen and oxygen atoms in total. The van der Waals surface area contributed by atoms with Gasteiger partial charge in [-0.1, -0.05) is 18.2 Å². The number of nitrogens with zero attached hydrogens (tertiary/aromatic N) is 1. The van der Waals surface area contributed by atoms with Gasteiger partial charge in [0, 0.05) is 6.20 Å². The molecule has 2 aromatic rings. The smallest absolute Gasteiger partial charge is 0.361 e. The molecule has 1 heterocycles. The highest BCUT2D eigenvalue weighted by Crippen LogP contribution is 2.24. The molecule has 104 valence electrons. The maximum atomic E-state index is 12.2. The van der Waals surface area contributed by atoms with Gasteiger partial charge in [-0.15, -0.1) is 0 Å². The average Bonchev–Trinajstić information content (AvgIpc) is 2.82. The number of aromatic nitrogens is 1. The lowest BCUT2D eigenvalue weighted by molar-refractivity contribution is -0.136. The molecule has 1 aromatic heterocycles. The predicted molar refractivity (Wildman–Crippen MR) is 75.4 cm³/mol. The minimum atomic E-state index is -0.600. The number of benzene rings is 1. The SMILES string of the molecule is CC(OC=O)n1ccc(Br)c1C(=O)Oc1ccccc1. The third-order valence-electron chi connectivity index (χ3n) is 2.66. The molecular weight excluding hydrogens is 326 g/mol. The van der Waals surface area contributed by atoms with Crippen LogP contribution in [0, 0.1) is 0 Å². The van der Waals surface area contributed by atoms with E-state index >= 15 is 0 Å². The van der Waals surface area contributed by atoms with Gasteiger partial charge in [-0.3, -0.25) is 4.79 Å². The number of halogens is 1. The lowest BCUT2D eigenvalue weighted by atomic mass is 10.3. The summed E-state index contributed by atoms with van der Waals surface area (Å²) >= 11 is 3.28. The Morgan fingerprint density at radius 2 is 2.00 bits per heavy atom. The number of para-hydroxylation sites is 1. The Morgan fingerprint density at radius 3 is 2.65 bits per heavy atom. The molecule has 0 aliphatic carbocycles. The molecule has 0 aliphatic heterocycles. The van der Waals surface area contributed by atoms with Crippen LogP contribution in [0.4, 0.5) is 0 Å². The zero-order valence-electron chi connectivity index (χ0n) is 10.7. The van der Waals surface area contributed by atoms with Crippen LogP contribution < -0.4 is 4.74 Å². The third-order valence-corrected chi connectivity index (χ3v) is 3.30. The fourth-order valence-electron chi connectivity index (χ4n) is 1.72. The molecule has 1 atom stereocenters. The van der Waals surface area contributed by atoms with Crippen LogP contribution in [-0.4, -0.2) is 17.0 Å². The number of carbonyl (C=O) groups excluding carboxylic acids is 2. The second-order valence-electron chi connectivity index (χ2n) is 3.95. The van der Waals surface area contributed by atoms with Gasteiger partial charge in [0.25, 0.3) is 6.47 Å². The molecule has 0 bridgehead atoms. The van der Waals surface area contributed by atoms with Crippen LogP contribution in [0.25, 0.3) is 0 Å². The van der Waals surface area contributed by atoms with Crippen LogP contribution in [0.15, 0.2) is 47.1 Å². The van der Waals surface area contributed by atoms with Gasteiger partial charge in [-0.05, 0) is 41.1 Å². The standard InChI is InChI=1S/C14H12BrNO4/c1-10(19-9-17)16-8-7-12(15)13(16)14(18)20-11-5-3-2-4-6-11/h2-10H,1H3. The van der Waals surface area contributed by atoms with Crippen molar-refractivity contribution in [2.45, 2.75) is 13.2 Å². The maximum absolute atomic E-state index is 12.2. The summed E-state index contributed by atoms with van der Waals surface area (Å²) in [6.45, 7) is 1.99. The third kappa shape index (κ3) is 3.08. The molecule has 1 aromatic carbocycles. The summed E-state index contributed by atoms with van der Waals surface area (Å²) in [5, 5.41) is 0. The summed E-state index contributed by atoms with van der Waals surface area (Å²) in [5.41, 5.74) is 0.281. The van der Waals surface area contributed by atoms with Crippen molar-refractivity contribution < 1.29 is 19.1 Å². The van der Waals surface area contributed by atoms with Crippen molar-refractivity contribution in [3.63, 3.8) is 0 Å². The quantitative estimate of drug-likeness (QED) is 0.477. The fourth-order valence-corrected chi connectivity index (χ4v) is 2.20. The van der Waals surface area contributed by atoms with Crippen LogP contribution in [0.5, 0.6) is 5.75 Å². The first-order valence-electron chi connectivity index (χ1n) is 5.86. The number of hydrogen-bond acceptors (Lipinski definition) is 4. The van der Waals surface area contributed by atoms with Gasteiger partial charge in [0.05, 0.1) is 4.47 Å². The average molecular weight is 338 g/mol. The number of hydrogen-bond donors (Lipinski definition) is 0. The minimum Gasteiger partial charge on any atom is -0.444 e. The van der Waals surface area contributed by atoms with Gasteiger partial charge in [-0.25, -0.2) is 4.79 Å². The van der Waals surface area contributed by atoms with E-state index in [1.165, 1.54) is 4.57 Å². The van der Waals surface area contributed by atoms with Gasteiger partial charge in [-0.2, -0.15) is 0 Å². The van der Waals surface area contributed by atoms with Gasteiger partial charge in [0.15, 0.2) is 6.23 Å². The van der Waals surface area contributed by atoms with Gasteiger partial charge < -0.3 is 14.0 Å². The van der Waals surface area contributed by atoms with Gasteiger partial charge >= 0.3 is 5.97 Å². The van der Waals surface area contributed by atoms with Crippen LogP contribution >= 0.6 is 15.9 Å². The maximum Gasteiger partial charge on any atom is 0.361 e. The number of esters is 1. The highest BCUT2D eigenvalue weighted by Gasteiger charge is 2.21. The Labute approximate surface area is 124 Å². The summed E-state index contributed by atoms with van der Waals surface area (Å²) in [7, 11) is 0. The first-order valence-corrected chi connectivity index (χ1v) is 6.65. The zero-order valence-corrected chi connectivity index (χ0v) is 12.2. The normalized spacial score (nSPS) is 11.7. The lowest BCUT2D eigenvalue weighted by Crippen LogP contribution is -2.18. The largest absolute Gasteiger partial charge is 0.444 e. The van der Waals surface area contributed by atoms with Crippen LogP contribution in [0.3, 0.4) is 0 Å². The van der Waals surface area contributed by atoms with E-state index in [2.05, 4.69) is 15.9 Å². The Hall–Kier alpha value is -2.08. The first kappa shape index (κ1) is 14.3. The molecule has 0 spiro atoms. The predicted octanol–water partition coefficient (Wildman–Crippen LogP) is 3.16. The van der Waals surface area contributed by atoms with Gasteiger partial charge in [0.2, 0.25) is 0 Å². The van der Waals surface area contributed by atoms with Crippen molar-refractivity contribution in [2.75, 3.05) is 0 Å². The van der Waals surface area contributed by atoms with Crippen LogP contribution in [0.2, 0.25) is 0 Å². The summed E-state index contributed by atoms with van der Waals surface area (Å²) in [6, 6.07) is 10.4. The van der Waals surface area contributed by atoms with Crippen molar-refractivity contribution in [1.82, 2.24) is 4.57 Å². The highest BCUT2D eigenvalue weighted by atomic mass is 79.9. The summed E-state index contributed by atoms with van der Waals surface area (Å²) in [5.74, 6) is -0.0875. The van der Waals surface area contributed by atoms with E-state index in [4.69, 9.17) is 9.47 Å². The van der Waals surface area contributed by atoms with E-state index in [9.17, 15) is 9.59 Å². The summed E-state index contributed by atoms with van der Waals surface area (Å²) in [4.78, 5) is 22.6. The molecular formula is C14H12BrNO4. The Kier molecular flexibility index (Phi) is 4.57. The van der Waals surface area contributed by atoms with E-state index in [1.54, 1.807) is 43.5 Å². The van der Waals surface area contributed by atoms with E-state index in [0.29, 0.717) is 16.7 Å². The van der Waals surface area contributed by atoms with E-state index in [1.807, 2.05) is 6.07 Å². The number of ether oxygens (including phenoxy) is 2. The molecule has 2 rings (SSSR count). The van der Waals surface area contributed by atoms with Crippen LogP contribution in [-0.2, 0) is 9.53 Å². The molecule has 0 aliphatic rings. The Bertz CT molecular complexity index is 609. The molecule has 0 fully saturated rings. The number of rotatable bonds is 5. The van der Waals surface area contributed by atoms with E-state index < -0.39 is 12.2 Å². The van der Waals surface area contributed by atoms with Crippen molar-refractivity contribution >= 4 is 28.4 Å². The second-order valence-corrected chi connectivity index (χ2v) is 4.81. The van der Waals surface area contributed by atoms with Crippen LogP contribution in [0.1, 0.15) is 23.6 Å². The molecule has 0 N–H and O–H groups in total. The van der Waals surface area contributed by atoms with Crippen molar-refractivity contribution in [3.05, 3.63) is 52.8 Å². The molecule has 0 amide bonds. The minimum absolute atomic E-state index is 0.281. The molecule has 0 radical (unpaired) electrons. The highest BCUT2D eigenvalue weighted by molar-refractivity contribution is 9.10. The molecule has 0 saturated carbocycles. The lowest BCUT2D eigenvalue weighted by Gasteiger charge is -2.15. The van der Waals surface area contributed by atoms with E-state index in [-0.39, 0.29) is 5.69 Å². The Morgan fingerprint density at radius 1 is 1.30 bits per heavy atom. The zero-order chi connectivity index (χ0) is 14.5. The molecule has 6 heteroatoms. The van der Waals surface area contributed by atoms with Crippen molar-refractivity contribution in [2.24, 2.45) is 0 Å². The number of carbonyl (C=O) groups is 2.